The number of aryl methyl sites for hydroxylation is 2. The third-order valence-corrected chi connectivity index (χ3v) is 5.61. The van der Waals surface area contributed by atoms with Crippen molar-refractivity contribution in [3.63, 3.8) is 0 Å². The van der Waals surface area contributed by atoms with Crippen molar-refractivity contribution in [1.29, 1.82) is 0 Å². The van der Waals surface area contributed by atoms with Gasteiger partial charge in [-0.15, -0.1) is 0 Å². The Hall–Kier alpha value is -3.48. The van der Waals surface area contributed by atoms with Gasteiger partial charge in [-0.3, -0.25) is 14.9 Å². The van der Waals surface area contributed by atoms with E-state index in [0.29, 0.717) is 11.5 Å². The van der Waals surface area contributed by atoms with Gasteiger partial charge in [-0.1, -0.05) is 0 Å². The number of aromatic nitrogens is 3. The Balaban J connectivity index is 1.55. The van der Waals surface area contributed by atoms with Crippen molar-refractivity contribution in [3.8, 4) is 11.3 Å². The van der Waals surface area contributed by atoms with E-state index in [0.717, 1.165) is 47.7 Å². The standard InChI is InChI=1S/C22H22N6O/c1-14-10-15(2)24-12-18(14)19-5-6-20-21(26-19)28(17-7-9-27(20)13-17)22(29)25-16-4-3-8-23-11-16/h3-6,8,10-12,17H,7,9,13H2,1-2H3,(H,25,29). The fourth-order valence-electron chi connectivity index (χ4n) is 4.21. The summed E-state index contributed by atoms with van der Waals surface area (Å²) in [5, 5.41) is 2.97. The topological polar surface area (TPSA) is 74.2 Å². The van der Waals surface area contributed by atoms with Crippen molar-refractivity contribution in [3.05, 3.63) is 60.2 Å². The molecule has 0 radical (unpaired) electrons. The number of amides is 2. The van der Waals surface area contributed by atoms with Crippen LogP contribution in [0, 0.1) is 13.8 Å². The highest BCUT2D eigenvalue weighted by Gasteiger charge is 2.40. The molecule has 1 saturated heterocycles. The minimum Gasteiger partial charge on any atom is -0.366 e. The summed E-state index contributed by atoms with van der Waals surface area (Å²) in [6, 6.07) is 9.73. The van der Waals surface area contributed by atoms with Gasteiger partial charge in [0.15, 0.2) is 5.82 Å². The van der Waals surface area contributed by atoms with E-state index in [9.17, 15) is 4.79 Å². The molecule has 1 unspecified atom stereocenters. The van der Waals surface area contributed by atoms with E-state index in [1.54, 1.807) is 18.5 Å². The predicted molar refractivity (Wildman–Crippen MR) is 113 cm³/mol. The lowest BCUT2D eigenvalue weighted by atomic mass is 10.1. The Morgan fingerprint density at radius 3 is 2.90 bits per heavy atom. The zero-order valence-corrected chi connectivity index (χ0v) is 16.5. The summed E-state index contributed by atoms with van der Waals surface area (Å²) in [5.74, 6) is 0.706. The molecule has 2 aliphatic rings. The summed E-state index contributed by atoms with van der Waals surface area (Å²) in [6.07, 6.45) is 6.12. The van der Waals surface area contributed by atoms with E-state index in [1.807, 2.05) is 30.2 Å². The second-order valence-electron chi connectivity index (χ2n) is 7.61. The highest BCUT2D eigenvalue weighted by molar-refractivity contribution is 6.04. The van der Waals surface area contributed by atoms with Gasteiger partial charge < -0.3 is 10.2 Å². The molecule has 1 atom stereocenters. The van der Waals surface area contributed by atoms with Crippen molar-refractivity contribution >= 4 is 23.2 Å². The predicted octanol–water partition coefficient (Wildman–Crippen LogP) is 3.79. The molecule has 2 amide bonds. The summed E-state index contributed by atoms with van der Waals surface area (Å²) in [7, 11) is 0. The summed E-state index contributed by atoms with van der Waals surface area (Å²) >= 11 is 0. The average molecular weight is 386 g/mol. The molecule has 5 heterocycles. The van der Waals surface area contributed by atoms with E-state index in [4.69, 9.17) is 4.98 Å². The maximum Gasteiger partial charge on any atom is 0.327 e. The van der Waals surface area contributed by atoms with E-state index in [-0.39, 0.29) is 12.1 Å². The number of carbonyl (C=O) groups is 1. The van der Waals surface area contributed by atoms with E-state index in [1.165, 1.54) is 0 Å². The Labute approximate surface area is 169 Å². The quantitative estimate of drug-likeness (QED) is 0.725. The average Bonchev–Trinajstić information content (AvgIpc) is 3.13. The smallest absolute Gasteiger partial charge is 0.327 e. The first-order chi connectivity index (χ1) is 14.1. The van der Waals surface area contributed by atoms with Crippen molar-refractivity contribution in [2.45, 2.75) is 26.3 Å². The third kappa shape index (κ3) is 3.08. The molecule has 7 nitrogen and oxygen atoms in total. The number of carbonyl (C=O) groups excluding carboxylic acids is 1. The molecule has 0 saturated carbocycles. The second kappa shape index (κ2) is 6.84. The normalized spacial score (nSPS) is 17.2. The molecule has 1 fully saturated rings. The first kappa shape index (κ1) is 17.6. The SMILES string of the molecule is Cc1cc(C)c(-c2ccc3c(n2)N(C(=O)Nc2cccnc2)C2CCN3C2)cn1. The number of fused-ring (bicyclic) bond motifs is 4. The number of hydrogen-bond donors (Lipinski definition) is 1. The second-order valence-corrected chi connectivity index (χ2v) is 7.61. The molecule has 5 rings (SSSR count). The van der Waals surface area contributed by atoms with Gasteiger partial charge in [-0.2, -0.15) is 0 Å². The largest absolute Gasteiger partial charge is 0.366 e. The molecule has 7 heteroatoms. The van der Waals surface area contributed by atoms with E-state index < -0.39 is 0 Å². The van der Waals surface area contributed by atoms with Crippen LogP contribution >= 0.6 is 0 Å². The lowest BCUT2D eigenvalue weighted by Crippen LogP contribution is -2.48. The van der Waals surface area contributed by atoms with Gasteiger partial charge in [0.1, 0.15) is 0 Å². The van der Waals surface area contributed by atoms with Crippen LogP contribution in [-0.2, 0) is 0 Å². The minimum absolute atomic E-state index is 0.110. The molecule has 0 spiro atoms. The van der Waals surface area contributed by atoms with Crippen molar-refractivity contribution in [2.75, 3.05) is 28.2 Å². The van der Waals surface area contributed by atoms with Crippen LogP contribution in [0.3, 0.4) is 0 Å². The number of hydrogen-bond acceptors (Lipinski definition) is 5. The van der Waals surface area contributed by atoms with E-state index >= 15 is 0 Å². The minimum atomic E-state index is -0.172. The van der Waals surface area contributed by atoms with Crippen molar-refractivity contribution in [2.24, 2.45) is 0 Å². The third-order valence-electron chi connectivity index (χ3n) is 5.61. The van der Waals surface area contributed by atoms with Gasteiger partial charge in [0, 0.05) is 36.7 Å². The van der Waals surface area contributed by atoms with E-state index in [2.05, 4.69) is 39.2 Å². The Morgan fingerprint density at radius 2 is 2.10 bits per heavy atom. The first-order valence-corrected chi connectivity index (χ1v) is 9.80. The van der Waals surface area contributed by atoms with Crippen LogP contribution in [0.25, 0.3) is 11.3 Å². The molecule has 146 valence electrons. The number of urea groups is 1. The highest BCUT2D eigenvalue weighted by atomic mass is 16.2. The Kier molecular flexibility index (Phi) is 4.16. The van der Waals surface area contributed by atoms with Gasteiger partial charge >= 0.3 is 6.03 Å². The van der Waals surface area contributed by atoms with Gasteiger partial charge in [0.05, 0.1) is 29.3 Å². The maximum absolute atomic E-state index is 13.2. The number of nitrogens with one attached hydrogen (secondary N) is 1. The van der Waals surface area contributed by atoms with Crippen molar-refractivity contribution < 1.29 is 4.79 Å². The van der Waals surface area contributed by atoms with Crippen LogP contribution in [0.1, 0.15) is 17.7 Å². The fourth-order valence-corrected chi connectivity index (χ4v) is 4.21. The summed E-state index contributed by atoms with van der Waals surface area (Å²) in [4.78, 5) is 30.8. The molecular formula is C22H22N6O. The van der Waals surface area contributed by atoms with Gasteiger partial charge in [-0.05, 0) is 56.2 Å². The molecule has 29 heavy (non-hydrogen) atoms. The zero-order chi connectivity index (χ0) is 20.0. The number of anilines is 3. The molecular weight excluding hydrogens is 364 g/mol. The summed E-state index contributed by atoms with van der Waals surface area (Å²) < 4.78 is 0. The molecule has 3 aromatic heterocycles. The molecule has 2 aliphatic heterocycles. The van der Waals surface area contributed by atoms with Crippen LogP contribution in [0.4, 0.5) is 22.0 Å². The Morgan fingerprint density at radius 1 is 1.21 bits per heavy atom. The molecule has 2 bridgehead atoms. The maximum atomic E-state index is 13.2. The first-order valence-electron chi connectivity index (χ1n) is 9.80. The zero-order valence-electron chi connectivity index (χ0n) is 16.5. The molecule has 1 N–H and O–H groups in total. The molecule has 0 aliphatic carbocycles. The lowest BCUT2D eigenvalue weighted by molar-refractivity contribution is 0.255. The molecule has 0 aromatic carbocycles. The number of pyridine rings is 3. The monoisotopic (exact) mass is 386 g/mol. The molecule has 3 aromatic rings. The van der Waals surface area contributed by atoms with Crippen LogP contribution in [0.5, 0.6) is 0 Å². The summed E-state index contributed by atoms with van der Waals surface area (Å²) in [5.41, 5.74) is 5.59. The lowest BCUT2D eigenvalue weighted by Gasteiger charge is -2.36. The van der Waals surface area contributed by atoms with Gasteiger partial charge in [-0.25, -0.2) is 9.78 Å². The summed E-state index contributed by atoms with van der Waals surface area (Å²) in [6.45, 7) is 5.80. The van der Waals surface area contributed by atoms with Crippen LogP contribution in [0.15, 0.2) is 48.9 Å². The number of rotatable bonds is 2. The van der Waals surface area contributed by atoms with Gasteiger partial charge in [0.2, 0.25) is 0 Å². The fraction of sp³-hybridized carbons (Fsp3) is 0.273. The number of nitrogens with zero attached hydrogens (tertiary/aromatic N) is 5. The van der Waals surface area contributed by atoms with Gasteiger partial charge in [0.25, 0.3) is 0 Å². The van der Waals surface area contributed by atoms with Crippen LogP contribution in [-0.4, -0.2) is 40.1 Å². The van der Waals surface area contributed by atoms with Crippen LogP contribution in [0.2, 0.25) is 0 Å². The van der Waals surface area contributed by atoms with Crippen molar-refractivity contribution in [1.82, 2.24) is 15.0 Å². The Bertz CT molecular complexity index is 1080. The highest BCUT2D eigenvalue weighted by Crippen LogP contribution is 2.40. The van der Waals surface area contributed by atoms with Crippen LogP contribution < -0.4 is 15.1 Å².